The summed E-state index contributed by atoms with van der Waals surface area (Å²) in [6.45, 7) is 2.62. The molecule has 1 saturated heterocycles. The summed E-state index contributed by atoms with van der Waals surface area (Å²) >= 11 is 0. The minimum absolute atomic E-state index is 0. The second kappa shape index (κ2) is 7.63. The van der Waals surface area contributed by atoms with E-state index in [0.29, 0.717) is 5.92 Å². The van der Waals surface area contributed by atoms with Gasteiger partial charge in [0.05, 0.1) is 5.41 Å². The van der Waals surface area contributed by atoms with Gasteiger partial charge in [-0.25, -0.2) is 4.39 Å². The first kappa shape index (κ1) is 18.2. The number of nitrogens with one attached hydrogen (secondary N) is 1. The number of carbonyl (C=O) groups is 1. The summed E-state index contributed by atoms with van der Waals surface area (Å²) in [7, 11) is 1.95. The van der Waals surface area contributed by atoms with E-state index in [4.69, 9.17) is 0 Å². The molecule has 2 fully saturated rings. The molecule has 0 spiro atoms. The number of nitrogens with zero attached hydrogens (tertiary/aromatic N) is 1. The van der Waals surface area contributed by atoms with Crippen LogP contribution in [0.1, 0.15) is 37.7 Å². The average molecular weight is 341 g/mol. The van der Waals surface area contributed by atoms with Gasteiger partial charge in [0, 0.05) is 13.1 Å². The smallest absolute Gasteiger partial charge is 0.233 e. The van der Waals surface area contributed by atoms with Gasteiger partial charge in [-0.05, 0) is 56.5 Å². The Morgan fingerprint density at radius 2 is 2.13 bits per heavy atom. The van der Waals surface area contributed by atoms with Crippen molar-refractivity contribution in [3.63, 3.8) is 0 Å². The number of likely N-dealkylation sites (tertiary alicyclic amines) is 1. The molecule has 23 heavy (non-hydrogen) atoms. The average Bonchev–Trinajstić information content (AvgIpc) is 3.17. The third-order valence-electron chi connectivity index (χ3n) is 5.31. The van der Waals surface area contributed by atoms with Crippen LogP contribution in [0.3, 0.4) is 0 Å². The summed E-state index contributed by atoms with van der Waals surface area (Å²) in [6.07, 6.45) is 4.86. The highest BCUT2D eigenvalue weighted by Gasteiger charge is 2.46. The topological polar surface area (TPSA) is 32.3 Å². The fourth-order valence-corrected chi connectivity index (χ4v) is 4.17. The molecule has 1 saturated carbocycles. The molecule has 0 aromatic heterocycles. The van der Waals surface area contributed by atoms with E-state index in [1.807, 2.05) is 18.0 Å². The largest absolute Gasteiger partial charge is 0.342 e. The number of benzene rings is 1. The third-order valence-corrected chi connectivity index (χ3v) is 5.31. The van der Waals surface area contributed by atoms with E-state index in [-0.39, 0.29) is 24.1 Å². The second-order valence-corrected chi connectivity index (χ2v) is 6.76. The summed E-state index contributed by atoms with van der Waals surface area (Å²) in [4.78, 5) is 15.2. The lowest BCUT2D eigenvalue weighted by atomic mass is 9.77. The Morgan fingerprint density at radius 3 is 2.78 bits per heavy atom. The van der Waals surface area contributed by atoms with Gasteiger partial charge in [0.25, 0.3) is 0 Å². The van der Waals surface area contributed by atoms with Gasteiger partial charge in [-0.3, -0.25) is 4.79 Å². The molecular weight excluding hydrogens is 315 g/mol. The van der Waals surface area contributed by atoms with Crippen LogP contribution in [-0.2, 0) is 10.2 Å². The predicted octanol–water partition coefficient (Wildman–Crippen LogP) is 3.13. The standard InChI is InChI=1S/C18H25FN2O.ClH/c1-20-12-14-7-10-21(13-14)17(22)18(8-2-3-9-18)15-5-4-6-16(19)11-15;/h4-6,11,14,20H,2-3,7-10,12-13H2,1H3;1H. The van der Waals surface area contributed by atoms with Gasteiger partial charge in [0.2, 0.25) is 5.91 Å². The first-order valence-electron chi connectivity index (χ1n) is 8.36. The Labute approximate surface area is 144 Å². The van der Waals surface area contributed by atoms with Gasteiger partial charge in [-0.2, -0.15) is 0 Å². The summed E-state index contributed by atoms with van der Waals surface area (Å²) < 4.78 is 13.7. The Hall–Kier alpha value is -1.13. The van der Waals surface area contributed by atoms with Crippen molar-refractivity contribution < 1.29 is 9.18 Å². The maximum absolute atomic E-state index is 13.7. The molecule has 1 unspecified atom stereocenters. The van der Waals surface area contributed by atoms with Gasteiger partial charge < -0.3 is 10.2 Å². The molecule has 3 nitrogen and oxygen atoms in total. The maximum atomic E-state index is 13.7. The first-order valence-corrected chi connectivity index (χ1v) is 8.36. The van der Waals surface area contributed by atoms with E-state index in [9.17, 15) is 9.18 Å². The second-order valence-electron chi connectivity index (χ2n) is 6.76. The van der Waals surface area contributed by atoms with Crippen LogP contribution in [0.2, 0.25) is 0 Å². The van der Waals surface area contributed by atoms with Gasteiger partial charge >= 0.3 is 0 Å². The van der Waals surface area contributed by atoms with Crippen LogP contribution in [0.4, 0.5) is 4.39 Å². The lowest BCUT2D eigenvalue weighted by molar-refractivity contribution is -0.136. The monoisotopic (exact) mass is 340 g/mol. The van der Waals surface area contributed by atoms with E-state index in [2.05, 4.69) is 5.32 Å². The molecule has 0 radical (unpaired) electrons. The van der Waals surface area contributed by atoms with Crippen molar-refractivity contribution in [2.24, 2.45) is 5.92 Å². The van der Waals surface area contributed by atoms with Crippen molar-refractivity contribution in [1.82, 2.24) is 10.2 Å². The zero-order valence-corrected chi connectivity index (χ0v) is 14.5. The summed E-state index contributed by atoms with van der Waals surface area (Å²) in [6, 6.07) is 6.67. The zero-order chi connectivity index (χ0) is 15.6. The van der Waals surface area contributed by atoms with Crippen molar-refractivity contribution >= 4 is 18.3 Å². The third kappa shape index (κ3) is 3.53. The minimum Gasteiger partial charge on any atom is -0.342 e. The highest BCUT2D eigenvalue weighted by Crippen LogP contribution is 2.43. The molecule has 1 aliphatic carbocycles. The Morgan fingerprint density at radius 1 is 1.39 bits per heavy atom. The van der Waals surface area contributed by atoms with Gasteiger partial charge in [-0.15, -0.1) is 12.4 Å². The van der Waals surface area contributed by atoms with Crippen molar-refractivity contribution in [3.8, 4) is 0 Å². The number of hydrogen-bond donors (Lipinski definition) is 1. The van der Waals surface area contributed by atoms with Crippen LogP contribution in [0, 0.1) is 11.7 Å². The van der Waals surface area contributed by atoms with Crippen LogP contribution in [0.15, 0.2) is 24.3 Å². The number of halogens is 2. The van der Waals surface area contributed by atoms with Crippen molar-refractivity contribution in [1.29, 1.82) is 0 Å². The van der Waals surface area contributed by atoms with E-state index < -0.39 is 5.41 Å². The molecule has 3 rings (SSSR count). The summed E-state index contributed by atoms with van der Waals surface area (Å²) in [5.74, 6) is 0.514. The summed E-state index contributed by atoms with van der Waals surface area (Å²) in [5, 5.41) is 3.20. The van der Waals surface area contributed by atoms with Crippen LogP contribution >= 0.6 is 12.4 Å². The van der Waals surface area contributed by atoms with Crippen LogP contribution in [0.25, 0.3) is 0 Å². The number of rotatable bonds is 4. The SMILES string of the molecule is CNCC1CCN(C(=O)C2(c3cccc(F)c3)CCCC2)C1.Cl. The van der Waals surface area contributed by atoms with Crippen molar-refractivity contribution in [3.05, 3.63) is 35.6 Å². The molecule has 2 aliphatic rings. The molecule has 0 bridgehead atoms. The van der Waals surface area contributed by atoms with Crippen LogP contribution in [0.5, 0.6) is 0 Å². The lowest BCUT2D eigenvalue weighted by Crippen LogP contribution is -2.44. The number of amides is 1. The van der Waals surface area contributed by atoms with Gasteiger partial charge in [0.1, 0.15) is 5.82 Å². The van der Waals surface area contributed by atoms with E-state index >= 15 is 0 Å². The Kier molecular flexibility index (Phi) is 6.04. The lowest BCUT2D eigenvalue weighted by Gasteiger charge is -2.33. The highest BCUT2D eigenvalue weighted by molar-refractivity contribution is 5.89. The molecule has 1 atom stereocenters. The van der Waals surface area contributed by atoms with E-state index in [1.165, 1.54) is 6.07 Å². The molecule has 1 aromatic rings. The van der Waals surface area contributed by atoms with Crippen molar-refractivity contribution in [2.75, 3.05) is 26.7 Å². The normalized spacial score (nSPS) is 22.9. The summed E-state index contributed by atoms with van der Waals surface area (Å²) in [5.41, 5.74) is 0.378. The van der Waals surface area contributed by atoms with Gasteiger partial charge in [0.15, 0.2) is 0 Å². The quantitative estimate of drug-likeness (QED) is 0.913. The number of carbonyl (C=O) groups excluding carboxylic acids is 1. The molecule has 1 heterocycles. The molecular formula is C18H26ClFN2O. The fraction of sp³-hybridized carbons (Fsp3) is 0.611. The molecule has 1 aromatic carbocycles. The van der Waals surface area contributed by atoms with Crippen LogP contribution in [-0.4, -0.2) is 37.5 Å². The van der Waals surface area contributed by atoms with E-state index in [0.717, 1.165) is 57.3 Å². The molecule has 1 amide bonds. The predicted molar refractivity (Wildman–Crippen MR) is 92.4 cm³/mol. The first-order chi connectivity index (χ1) is 10.7. The zero-order valence-electron chi connectivity index (χ0n) is 13.7. The molecule has 1 aliphatic heterocycles. The van der Waals surface area contributed by atoms with Gasteiger partial charge in [-0.1, -0.05) is 25.0 Å². The molecule has 128 valence electrons. The van der Waals surface area contributed by atoms with Crippen molar-refractivity contribution in [2.45, 2.75) is 37.5 Å². The minimum atomic E-state index is -0.489. The Balaban J connectivity index is 0.00000192. The van der Waals surface area contributed by atoms with E-state index in [1.54, 1.807) is 12.1 Å². The Bertz CT molecular complexity index is 546. The molecule has 5 heteroatoms. The maximum Gasteiger partial charge on any atom is 0.233 e. The fourth-order valence-electron chi connectivity index (χ4n) is 4.17. The van der Waals surface area contributed by atoms with Crippen LogP contribution < -0.4 is 5.32 Å². The highest BCUT2D eigenvalue weighted by atomic mass is 35.5. The molecule has 1 N–H and O–H groups in total. The number of hydrogen-bond acceptors (Lipinski definition) is 2.